The molecule has 3 rings (SSSR count). The zero-order valence-electron chi connectivity index (χ0n) is 12.8. The number of hydrogen-bond donors (Lipinski definition) is 1. The van der Waals surface area contributed by atoms with Crippen LogP contribution >= 0.6 is 0 Å². The number of aromatic nitrogens is 3. The number of halogens is 1. The Labute approximate surface area is 141 Å². The van der Waals surface area contributed by atoms with Crippen LogP contribution in [0.4, 0.5) is 15.8 Å². The normalized spacial score (nSPS) is 10.4. The van der Waals surface area contributed by atoms with Crippen molar-refractivity contribution in [3.8, 4) is 0 Å². The van der Waals surface area contributed by atoms with Crippen LogP contribution in [0.2, 0.25) is 0 Å². The first-order valence-corrected chi connectivity index (χ1v) is 7.22. The van der Waals surface area contributed by atoms with Crippen LogP contribution in [0.25, 0.3) is 0 Å². The monoisotopic (exact) mass is 341 g/mol. The molecule has 1 N–H and O–H groups in total. The third-order valence-electron chi connectivity index (χ3n) is 3.36. The number of benzene rings is 2. The van der Waals surface area contributed by atoms with Crippen molar-refractivity contribution in [1.29, 1.82) is 0 Å². The summed E-state index contributed by atoms with van der Waals surface area (Å²) in [6.07, 6.45) is 1.46. The molecule has 126 valence electrons. The summed E-state index contributed by atoms with van der Waals surface area (Å²) in [6.45, 7) is 0.448. The molecular formula is C16H12FN5O3. The topological polar surface area (TPSA) is 103 Å². The SMILES string of the molecule is O=C(Nc1ccc(F)c([N+](=O)[O-])c1)c1cn(Cc2ccccc2)nn1. The first kappa shape index (κ1) is 16.2. The summed E-state index contributed by atoms with van der Waals surface area (Å²) in [4.78, 5) is 22.0. The standard InChI is InChI=1S/C16H12FN5O3/c17-13-7-6-12(8-15(13)22(24)25)18-16(23)14-10-21(20-19-14)9-11-4-2-1-3-5-11/h1-8,10H,9H2,(H,18,23). The lowest BCUT2D eigenvalue weighted by Crippen LogP contribution is -2.12. The molecule has 0 radical (unpaired) electrons. The average Bonchev–Trinajstić information content (AvgIpc) is 3.06. The van der Waals surface area contributed by atoms with Gasteiger partial charge in [0.05, 0.1) is 17.7 Å². The third-order valence-corrected chi connectivity index (χ3v) is 3.36. The van der Waals surface area contributed by atoms with Crippen molar-refractivity contribution in [2.45, 2.75) is 6.54 Å². The molecule has 0 aliphatic heterocycles. The van der Waals surface area contributed by atoms with Crippen LogP contribution in [0.5, 0.6) is 0 Å². The molecule has 25 heavy (non-hydrogen) atoms. The molecule has 1 amide bonds. The van der Waals surface area contributed by atoms with Gasteiger partial charge >= 0.3 is 5.69 Å². The Morgan fingerprint density at radius 3 is 2.72 bits per heavy atom. The maximum absolute atomic E-state index is 13.3. The van der Waals surface area contributed by atoms with Gasteiger partial charge in [-0.15, -0.1) is 5.10 Å². The lowest BCUT2D eigenvalue weighted by molar-refractivity contribution is -0.387. The Morgan fingerprint density at radius 2 is 2.00 bits per heavy atom. The minimum absolute atomic E-state index is 0.0444. The largest absolute Gasteiger partial charge is 0.320 e. The number of carbonyl (C=O) groups is 1. The second-order valence-corrected chi connectivity index (χ2v) is 5.16. The van der Waals surface area contributed by atoms with Gasteiger partial charge in [-0.05, 0) is 17.7 Å². The fourth-order valence-electron chi connectivity index (χ4n) is 2.18. The molecule has 0 unspecified atom stereocenters. The van der Waals surface area contributed by atoms with Crippen LogP contribution in [0, 0.1) is 15.9 Å². The van der Waals surface area contributed by atoms with E-state index in [-0.39, 0.29) is 11.4 Å². The van der Waals surface area contributed by atoms with E-state index < -0.39 is 22.3 Å². The Morgan fingerprint density at radius 1 is 1.24 bits per heavy atom. The Kier molecular flexibility index (Phi) is 4.46. The Bertz CT molecular complexity index is 927. The van der Waals surface area contributed by atoms with Crippen molar-refractivity contribution in [3.63, 3.8) is 0 Å². The van der Waals surface area contributed by atoms with E-state index in [2.05, 4.69) is 15.6 Å². The van der Waals surface area contributed by atoms with Crippen molar-refractivity contribution in [2.24, 2.45) is 0 Å². The van der Waals surface area contributed by atoms with Crippen LogP contribution in [-0.2, 0) is 6.54 Å². The van der Waals surface area contributed by atoms with E-state index in [1.165, 1.54) is 16.9 Å². The fourth-order valence-corrected chi connectivity index (χ4v) is 2.18. The summed E-state index contributed by atoms with van der Waals surface area (Å²) in [5, 5.41) is 20.8. The summed E-state index contributed by atoms with van der Waals surface area (Å²) >= 11 is 0. The van der Waals surface area contributed by atoms with Crippen molar-refractivity contribution in [3.05, 3.63) is 81.9 Å². The van der Waals surface area contributed by atoms with Gasteiger partial charge in [0, 0.05) is 11.8 Å². The maximum atomic E-state index is 13.3. The van der Waals surface area contributed by atoms with Gasteiger partial charge in [-0.2, -0.15) is 4.39 Å². The minimum atomic E-state index is -0.975. The molecule has 2 aromatic carbocycles. The summed E-state index contributed by atoms with van der Waals surface area (Å²) in [6, 6.07) is 12.6. The fraction of sp³-hybridized carbons (Fsp3) is 0.0625. The van der Waals surface area contributed by atoms with Crippen LogP contribution in [0.1, 0.15) is 16.1 Å². The number of rotatable bonds is 5. The van der Waals surface area contributed by atoms with E-state index in [0.717, 1.165) is 17.7 Å². The van der Waals surface area contributed by atoms with Crippen LogP contribution in [-0.4, -0.2) is 25.8 Å². The number of anilines is 1. The molecule has 9 heteroatoms. The van der Waals surface area contributed by atoms with Crippen molar-refractivity contribution in [1.82, 2.24) is 15.0 Å². The molecule has 0 aliphatic carbocycles. The van der Waals surface area contributed by atoms with Gasteiger partial charge in [-0.25, -0.2) is 4.68 Å². The number of nitrogens with one attached hydrogen (secondary N) is 1. The highest BCUT2D eigenvalue weighted by Crippen LogP contribution is 2.21. The van der Waals surface area contributed by atoms with E-state index in [1.807, 2.05) is 30.3 Å². The number of carbonyl (C=O) groups excluding carboxylic acids is 1. The van der Waals surface area contributed by atoms with E-state index in [4.69, 9.17) is 0 Å². The minimum Gasteiger partial charge on any atom is -0.320 e. The molecular weight excluding hydrogens is 329 g/mol. The van der Waals surface area contributed by atoms with Crippen molar-refractivity contribution in [2.75, 3.05) is 5.32 Å². The third kappa shape index (κ3) is 3.83. The Balaban J connectivity index is 1.72. The lowest BCUT2D eigenvalue weighted by Gasteiger charge is -2.03. The first-order chi connectivity index (χ1) is 12.0. The van der Waals surface area contributed by atoms with Gasteiger partial charge in [0.15, 0.2) is 5.69 Å². The van der Waals surface area contributed by atoms with Crippen molar-refractivity contribution < 1.29 is 14.1 Å². The maximum Gasteiger partial charge on any atom is 0.306 e. The van der Waals surface area contributed by atoms with Gasteiger partial charge in [-0.3, -0.25) is 14.9 Å². The number of nitro groups is 1. The molecule has 8 nitrogen and oxygen atoms in total. The van der Waals surface area contributed by atoms with Crippen molar-refractivity contribution >= 4 is 17.3 Å². The highest BCUT2D eigenvalue weighted by atomic mass is 19.1. The van der Waals surface area contributed by atoms with Gasteiger partial charge in [0.2, 0.25) is 5.82 Å². The quantitative estimate of drug-likeness (QED) is 0.567. The summed E-state index contributed by atoms with van der Waals surface area (Å²) in [5.74, 6) is -1.57. The van der Waals surface area contributed by atoms with Gasteiger partial charge in [-0.1, -0.05) is 35.5 Å². The molecule has 0 bridgehead atoms. The average molecular weight is 341 g/mol. The highest BCUT2D eigenvalue weighted by Gasteiger charge is 2.17. The molecule has 1 aromatic heterocycles. The number of nitro benzene ring substituents is 1. The molecule has 0 fully saturated rings. The number of amides is 1. The molecule has 1 heterocycles. The zero-order valence-corrected chi connectivity index (χ0v) is 12.8. The smallest absolute Gasteiger partial charge is 0.306 e. The van der Waals surface area contributed by atoms with Crippen LogP contribution in [0.15, 0.2) is 54.7 Å². The first-order valence-electron chi connectivity index (χ1n) is 7.22. The van der Waals surface area contributed by atoms with E-state index in [0.29, 0.717) is 6.54 Å². The number of nitrogens with zero attached hydrogens (tertiary/aromatic N) is 4. The van der Waals surface area contributed by atoms with Crippen LogP contribution in [0.3, 0.4) is 0 Å². The van der Waals surface area contributed by atoms with Gasteiger partial charge in [0.1, 0.15) is 0 Å². The summed E-state index contributed by atoms with van der Waals surface area (Å²) in [5.41, 5.74) is 0.415. The lowest BCUT2D eigenvalue weighted by atomic mass is 10.2. The molecule has 0 spiro atoms. The van der Waals surface area contributed by atoms with E-state index in [1.54, 1.807) is 0 Å². The van der Waals surface area contributed by atoms with Crippen LogP contribution < -0.4 is 5.32 Å². The van der Waals surface area contributed by atoms with E-state index >= 15 is 0 Å². The van der Waals surface area contributed by atoms with E-state index in [9.17, 15) is 19.3 Å². The molecule has 0 aliphatic rings. The molecule has 3 aromatic rings. The molecule has 0 saturated carbocycles. The number of hydrogen-bond acceptors (Lipinski definition) is 5. The summed E-state index contributed by atoms with van der Waals surface area (Å²) < 4.78 is 14.8. The molecule has 0 atom stereocenters. The predicted molar refractivity (Wildman–Crippen MR) is 86.6 cm³/mol. The Hall–Kier alpha value is -3.62. The zero-order chi connectivity index (χ0) is 17.8. The predicted octanol–water partition coefficient (Wildman–Crippen LogP) is 2.63. The summed E-state index contributed by atoms with van der Waals surface area (Å²) in [7, 11) is 0. The molecule has 0 saturated heterocycles. The van der Waals surface area contributed by atoms with Gasteiger partial charge in [0.25, 0.3) is 5.91 Å². The highest BCUT2D eigenvalue weighted by molar-refractivity contribution is 6.02. The van der Waals surface area contributed by atoms with Gasteiger partial charge < -0.3 is 5.32 Å². The second-order valence-electron chi connectivity index (χ2n) is 5.16. The second kappa shape index (κ2) is 6.87.